The van der Waals surface area contributed by atoms with E-state index in [0.29, 0.717) is 19.0 Å². The highest BCUT2D eigenvalue weighted by Gasteiger charge is 2.53. The number of likely N-dealkylation sites (tertiary alicyclic amines) is 1. The Hall–Kier alpha value is -1.55. The molecule has 0 atom stereocenters. The lowest BCUT2D eigenvalue weighted by molar-refractivity contribution is -0.0897. The minimum Gasteiger partial charge on any atom is -0.386 e. The Balaban J connectivity index is 1.38. The quantitative estimate of drug-likeness (QED) is 0.867. The molecular formula is C16H20N2O2. The molecule has 0 radical (unpaired) electrons. The first kappa shape index (κ1) is 12.2. The predicted molar refractivity (Wildman–Crippen MR) is 76.7 cm³/mol. The molecule has 2 N–H and O–H groups in total. The number of benzene rings is 1. The van der Waals surface area contributed by atoms with Crippen LogP contribution in [0.2, 0.25) is 0 Å². The molecule has 1 aromatic rings. The molecular weight excluding hydrogens is 252 g/mol. The molecule has 2 amide bonds. The number of hydrogen-bond acceptors (Lipinski definition) is 2. The molecule has 1 saturated carbocycles. The van der Waals surface area contributed by atoms with Gasteiger partial charge >= 0.3 is 6.03 Å². The SMILES string of the molecule is O=C(Nc1ccc2c(c1)CCC2)N1CC(O)(C2CC2)C1. The number of fused-ring (bicyclic) bond motifs is 1. The molecule has 2 aliphatic carbocycles. The molecule has 1 saturated heterocycles. The number of carbonyl (C=O) groups excluding carboxylic acids is 1. The monoisotopic (exact) mass is 272 g/mol. The van der Waals surface area contributed by atoms with E-state index < -0.39 is 5.60 Å². The van der Waals surface area contributed by atoms with E-state index >= 15 is 0 Å². The number of amides is 2. The summed E-state index contributed by atoms with van der Waals surface area (Å²) in [6.45, 7) is 0.961. The van der Waals surface area contributed by atoms with E-state index in [2.05, 4.69) is 17.4 Å². The Morgan fingerprint density at radius 1 is 1.25 bits per heavy atom. The number of hydrogen-bond donors (Lipinski definition) is 2. The number of aryl methyl sites for hydroxylation is 2. The van der Waals surface area contributed by atoms with Gasteiger partial charge in [0.25, 0.3) is 0 Å². The summed E-state index contributed by atoms with van der Waals surface area (Å²) < 4.78 is 0. The van der Waals surface area contributed by atoms with Gasteiger partial charge in [-0.15, -0.1) is 0 Å². The minimum atomic E-state index is -0.602. The van der Waals surface area contributed by atoms with Crippen molar-refractivity contribution < 1.29 is 9.90 Å². The molecule has 4 nitrogen and oxygen atoms in total. The van der Waals surface area contributed by atoms with E-state index in [1.54, 1.807) is 4.90 Å². The number of β-amino-alcohol motifs (C(OH)–C–C–N with tert-alkyl or cyclic N) is 1. The van der Waals surface area contributed by atoms with Gasteiger partial charge < -0.3 is 15.3 Å². The lowest BCUT2D eigenvalue weighted by Crippen LogP contribution is -2.65. The molecule has 4 heteroatoms. The molecule has 20 heavy (non-hydrogen) atoms. The van der Waals surface area contributed by atoms with Crippen LogP contribution < -0.4 is 5.32 Å². The summed E-state index contributed by atoms with van der Waals surface area (Å²) in [4.78, 5) is 13.8. The maximum atomic E-state index is 12.1. The van der Waals surface area contributed by atoms with Crippen LogP contribution in [0, 0.1) is 5.92 Å². The van der Waals surface area contributed by atoms with Crippen LogP contribution >= 0.6 is 0 Å². The lowest BCUT2D eigenvalue weighted by Gasteiger charge is -2.46. The van der Waals surface area contributed by atoms with Crippen LogP contribution in [0.4, 0.5) is 10.5 Å². The van der Waals surface area contributed by atoms with Crippen molar-refractivity contribution in [2.24, 2.45) is 5.92 Å². The average molecular weight is 272 g/mol. The van der Waals surface area contributed by atoms with E-state index in [4.69, 9.17) is 0 Å². The fraction of sp³-hybridized carbons (Fsp3) is 0.562. The molecule has 1 aromatic carbocycles. The maximum Gasteiger partial charge on any atom is 0.322 e. The highest BCUT2D eigenvalue weighted by Crippen LogP contribution is 2.44. The van der Waals surface area contributed by atoms with Gasteiger partial charge in [-0.2, -0.15) is 0 Å². The van der Waals surface area contributed by atoms with Crippen LogP contribution in [0.1, 0.15) is 30.4 Å². The summed E-state index contributed by atoms with van der Waals surface area (Å²) in [5.41, 5.74) is 3.04. The van der Waals surface area contributed by atoms with Crippen molar-refractivity contribution in [3.8, 4) is 0 Å². The Labute approximate surface area is 118 Å². The largest absolute Gasteiger partial charge is 0.386 e. The van der Waals surface area contributed by atoms with E-state index in [9.17, 15) is 9.90 Å². The van der Waals surface area contributed by atoms with E-state index in [-0.39, 0.29) is 6.03 Å². The zero-order valence-electron chi connectivity index (χ0n) is 11.6. The molecule has 3 aliphatic rings. The summed E-state index contributed by atoms with van der Waals surface area (Å²) in [7, 11) is 0. The maximum absolute atomic E-state index is 12.1. The Kier molecular flexibility index (Phi) is 2.58. The molecule has 4 rings (SSSR count). The summed E-state index contributed by atoms with van der Waals surface area (Å²) in [5, 5.41) is 13.2. The highest BCUT2D eigenvalue weighted by atomic mass is 16.3. The van der Waals surface area contributed by atoms with Crippen LogP contribution in [-0.4, -0.2) is 34.7 Å². The molecule has 1 aliphatic heterocycles. The Morgan fingerprint density at radius 3 is 2.75 bits per heavy atom. The van der Waals surface area contributed by atoms with Crippen molar-refractivity contribution in [1.82, 2.24) is 4.90 Å². The van der Waals surface area contributed by atoms with Gasteiger partial charge in [0.05, 0.1) is 13.1 Å². The zero-order valence-corrected chi connectivity index (χ0v) is 11.6. The van der Waals surface area contributed by atoms with Crippen molar-refractivity contribution in [2.45, 2.75) is 37.7 Å². The number of rotatable bonds is 2. The number of carbonyl (C=O) groups is 1. The third kappa shape index (κ3) is 1.99. The first-order valence-electron chi connectivity index (χ1n) is 7.54. The van der Waals surface area contributed by atoms with Gasteiger partial charge in [0, 0.05) is 5.69 Å². The Bertz CT molecular complexity index is 560. The number of anilines is 1. The van der Waals surface area contributed by atoms with Crippen LogP contribution in [0.5, 0.6) is 0 Å². The molecule has 0 aromatic heterocycles. The third-order valence-corrected chi connectivity index (χ3v) is 4.90. The van der Waals surface area contributed by atoms with Crippen LogP contribution in [0.3, 0.4) is 0 Å². The standard InChI is InChI=1S/C16H20N2O2/c19-15(18-9-16(20,10-18)13-5-6-13)17-14-7-4-11-2-1-3-12(11)8-14/h4,7-8,13,20H,1-3,5-6,9-10H2,(H,17,19). The Morgan fingerprint density at radius 2 is 2.00 bits per heavy atom. The third-order valence-electron chi connectivity index (χ3n) is 4.90. The number of nitrogens with zero attached hydrogens (tertiary/aromatic N) is 1. The summed E-state index contributed by atoms with van der Waals surface area (Å²) in [5.74, 6) is 0.423. The summed E-state index contributed by atoms with van der Waals surface area (Å²) in [6.07, 6.45) is 5.70. The number of aliphatic hydroxyl groups is 1. The summed E-state index contributed by atoms with van der Waals surface area (Å²) >= 11 is 0. The van der Waals surface area contributed by atoms with Gasteiger partial charge in [0.15, 0.2) is 0 Å². The van der Waals surface area contributed by atoms with E-state index in [1.165, 1.54) is 17.5 Å². The van der Waals surface area contributed by atoms with Gasteiger partial charge in [-0.25, -0.2) is 4.79 Å². The second kappa shape index (κ2) is 4.22. The fourth-order valence-electron chi connectivity index (χ4n) is 3.49. The topological polar surface area (TPSA) is 52.6 Å². The first-order valence-corrected chi connectivity index (χ1v) is 7.54. The number of urea groups is 1. The van der Waals surface area contributed by atoms with Gasteiger partial charge in [0.2, 0.25) is 0 Å². The van der Waals surface area contributed by atoms with Crippen molar-refractivity contribution in [1.29, 1.82) is 0 Å². The smallest absolute Gasteiger partial charge is 0.322 e. The zero-order chi connectivity index (χ0) is 13.7. The molecule has 1 heterocycles. The molecule has 0 bridgehead atoms. The lowest BCUT2D eigenvalue weighted by atomic mass is 9.89. The second-order valence-corrected chi connectivity index (χ2v) is 6.50. The molecule has 106 valence electrons. The van der Waals surface area contributed by atoms with Gasteiger partial charge in [0.1, 0.15) is 5.60 Å². The second-order valence-electron chi connectivity index (χ2n) is 6.50. The van der Waals surface area contributed by atoms with E-state index in [1.807, 2.05) is 6.07 Å². The minimum absolute atomic E-state index is 0.0896. The van der Waals surface area contributed by atoms with Crippen LogP contribution in [-0.2, 0) is 12.8 Å². The molecule has 0 spiro atoms. The van der Waals surface area contributed by atoms with Crippen LogP contribution in [0.15, 0.2) is 18.2 Å². The predicted octanol–water partition coefficient (Wildman–Crippen LogP) is 2.16. The number of nitrogens with one attached hydrogen (secondary N) is 1. The van der Waals surface area contributed by atoms with Gasteiger partial charge in [-0.3, -0.25) is 0 Å². The van der Waals surface area contributed by atoms with Gasteiger partial charge in [-0.05, 0) is 61.3 Å². The average Bonchev–Trinajstić information content (AvgIpc) is 3.14. The molecule has 0 unspecified atom stereocenters. The first-order chi connectivity index (χ1) is 9.64. The van der Waals surface area contributed by atoms with Gasteiger partial charge in [-0.1, -0.05) is 6.07 Å². The van der Waals surface area contributed by atoms with Crippen molar-refractivity contribution >= 4 is 11.7 Å². The molecule has 2 fully saturated rings. The fourth-order valence-corrected chi connectivity index (χ4v) is 3.49. The van der Waals surface area contributed by atoms with Crippen LogP contribution in [0.25, 0.3) is 0 Å². The summed E-state index contributed by atoms with van der Waals surface area (Å²) in [6, 6.07) is 6.10. The highest BCUT2D eigenvalue weighted by molar-refractivity contribution is 5.90. The van der Waals surface area contributed by atoms with E-state index in [0.717, 1.165) is 31.4 Å². The van der Waals surface area contributed by atoms with Crippen molar-refractivity contribution in [3.05, 3.63) is 29.3 Å². The van der Waals surface area contributed by atoms with Crippen molar-refractivity contribution in [2.75, 3.05) is 18.4 Å². The van der Waals surface area contributed by atoms with Crippen molar-refractivity contribution in [3.63, 3.8) is 0 Å². The normalized spacial score (nSPS) is 23.1.